The van der Waals surface area contributed by atoms with Crippen LogP contribution in [-0.4, -0.2) is 24.6 Å². The van der Waals surface area contributed by atoms with Crippen LogP contribution in [0.4, 0.5) is 5.69 Å². The first-order valence-electron chi connectivity index (χ1n) is 5.98. The summed E-state index contributed by atoms with van der Waals surface area (Å²) in [7, 11) is -3.54. The third-order valence-corrected chi connectivity index (χ3v) is 4.41. The molecule has 0 aliphatic heterocycles. The van der Waals surface area contributed by atoms with Crippen molar-refractivity contribution in [2.75, 3.05) is 6.26 Å². The van der Waals surface area contributed by atoms with E-state index in [9.17, 15) is 18.5 Å². The lowest BCUT2D eigenvalue weighted by molar-refractivity contribution is -0.385. The lowest BCUT2D eigenvalue weighted by Gasteiger charge is -2.09. The van der Waals surface area contributed by atoms with Crippen LogP contribution in [0.25, 0.3) is 0 Å². The summed E-state index contributed by atoms with van der Waals surface area (Å²) in [6, 6.07) is 6.78. The smallest absolute Gasteiger partial charge is 0.312 e. The van der Waals surface area contributed by atoms with Crippen molar-refractivity contribution in [2.45, 2.75) is 11.8 Å². The summed E-state index contributed by atoms with van der Waals surface area (Å²) in [5.74, 6) is 0.226. The Labute approximate surface area is 135 Å². The van der Waals surface area contributed by atoms with Crippen molar-refractivity contribution in [1.82, 2.24) is 4.98 Å². The minimum absolute atomic E-state index is 0.0660. The number of benzene rings is 1. The van der Waals surface area contributed by atoms with Crippen molar-refractivity contribution in [3.05, 3.63) is 50.7 Å². The van der Waals surface area contributed by atoms with Crippen LogP contribution in [0.15, 0.2) is 39.8 Å². The van der Waals surface area contributed by atoms with Gasteiger partial charge in [-0.05, 0) is 47.1 Å². The van der Waals surface area contributed by atoms with Gasteiger partial charge in [0, 0.05) is 18.0 Å². The maximum absolute atomic E-state index is 11.5. The molecule has 0 saturated heterocycles. The third-order valence-electron chi connectivity index (χ3n) is 2.73. The van der Waals surface area contributed by atoms with Gasteiger partial charge in [-0.2, -0.15) is 0 Å². The van der Waals surface area contributed by atoms with Crippen molar-refractivity contribution >= 4 is 31.5 Å². The van der Waals surface area contributed by atoms with E-state index in [1.165, 1.54) is 12.1 Å². The molecule has 7 nitrogen and oxygen atoms in total. The highest BCUT2D eigenvalue weighted by molar-refractivity contribution is 9.10. The fourth-order valence-corrected chi connectivity index (χ4v) is 2.80. The zero-order chi connectivity index (χ0) is 16.5. The molecule has 1 aromatic heterocycles. The quantitative estimate of drug-likeness (QED) is 0.454. The van der Waals surface area contributed by atoms with Gasteiger partial charge in [0.2, 0.25) is 5.75 Å². The SMILES string of the molecule is Cc1ccc(Oc2ccc(S(C)(=O)=O)cc2[N+](=O)[O-])c(Br)n1. The second-order valence-corrected chi connectivity index (χ2v) is 7.27. The molecule has 2 rings (SSSR count). The minimum atomic E-state index is -3.54. The molecule has 0 atom stereocenters. The fraction of sp³-hybridized carbons (Fsp3) is 0.154. The number of rotatable bonds is 4. The van der Waals surface area contributed by atoms with Crippen LogP contribution in [-0.2, 0) is 9.84 Å². The molecule has 0 fully saturated rings. The van der Waals surface area contributed by atoms with Gasteiger partial charge in [0.1, 0.15) is 4.60 Å². The van der Waals surface area contributed by atoms with Crippen LogP contribution < -0.4 is 4.74 Å². The summed E-state index contributed by atoms with van der Waals surface area (Å²) < 4.78 is 28.9. The Bertz CT molecular complexity index is 852. The van der Waals surface area contributed by atoms with Gasteiger partial charge in [-0.3, -0.25) is 10.1 Å². The Morgan fingerprint density at radius 2 is 1.86 bits per heavy atom. The van der Waals surface area contributed by atoms with Gasteiger partial charge in [-0.1, -0.05) is 0 Å². The summed E-state index contributed by atoms with van der Waals surface area (Å²) in [5, 5.41) is 11.1. The van der Waals surface area contributed by atoms with E-state index in [2.05, 4.69) is 20.9 Å². The second-order valence-electron chi connectivity index (χ2n) is 4.50. The van der Waals surface area contributed by atoms with Gasteiger partial charge >= 0.3 is 5.69 Å². The molecule has 1 aromatic carbocycles. The van der Waals surface area contributed by atoms with Crippen molar-refractivity contribution in [3.63, 3.8) is 0 Å². The van der Waals surface area contributed by atoms with Crippen LogP contribution in [0.3, 0.4) is 0 Å². The Morgan fingerprint density at radius 3 is 2.41 bits per heavy atom. The molecule has 0 unspecified atom stereocenters. The Balaban J connectivity index is 2.49. The normalized spacial score (nSPS) is 11.2. The average molecular weight is 387 g/mol. The predicted molar refractivity (Wildman–Crippen MR) is 83.0 cm³/mol. The molecule has 0 aliphatic rings. The number of aromatic nitrogens is 1. The number of hydrogen-bond acceptors (Lipinski definition) is 6. The topological polar surface area (TPSA) is 99.4 Å². The monoisotopic (exact) mass is 386 g/mol. The molecule has 0 spiro atoms. The molecule has 0 bridgehead atoms. The Hall–Kier alpha value is -2.00. The molecule has 9 heteroatoms. The van der Waals surface area contributed by atoms with E-state index in [0.717, 1.165) is 18.0 Å². The highest BCUT2D eigenvalue weighted by atomic mass is 79.9. The Morgan fingerprint density at radius 1 is 1.23 bits per heavy atom. The van der Waals surface area contributed by atoms with Gasteiger partial charge in [0.15, 0.2) is 15.6 Å². The van der Waals surface area contributed by atoms with E-state index in [1.807, 2.05) is 0 Å². The van der Waals surface area contributed by atoms with Crippen molar-refractivity contribution in [2.24, 2.45) is 0 Å². The van der Waals surface area contributed by atoms with Crippen LogP contribution in [0.2, 0.25) is 0 Å². The van der Waals surface area contributed by atoms with Crippen molar-refractivity contribution < 1.29 is 18.1 Å². The number of aryl methyl sites for hydroxylation is 1. The first-order chi connectivity index (χ1) is 10.2. The van der Waals surface area contributed by atoms with E-state index in [4.69, 9.17) is 4.74 Å². The predicted octanol–water partition coefficient (Wildman–Crippen LogP) is 3.26. The summed E-state index contributed by atoms with van der Waals surface area (Å²) >= 11 is 3.21. The van der Waals surface area contributed by atoms with Gasteiger partial charge in [-0.25, -0.2) is 13.4 Å². The lowest BCUT2D eigenvalue weighted by atomic mass is 10.3. The fourth-order valence-electron chi connectivity index (χ4n) is 1.66. The summed E-state index contributed by atoms with van der Waals surface area (Å²) in [6.07, 6.45) is 0.979. The number of hydrogen-bond donors (Lipinski definition) is 0. The number of nitro groups is 1. The zero-order valence-electron chi connectivity index (χ0n) is 11.6. The molecule has 0 saturated carbocycles. The van der Waals surface area contributed by atoms with Crippen LogP contribution in [0.5, 0.6) is 11.5 Å². The third kappa shape index (κ3) is 3.60. The highest BCUT2D eigenvalue weighted by Crippen LogP contribution is 2.35. The molecule has 2 aromatic rings. The maximum Gasteiger partial charge on any atom is 0.312 e. The van der Waals surface area contributed by atoms with E-state index in [0.29, 0.717) is 10.4 Å². The van der Waals surface area contributed by atoms with Gasteiger partial charge in [0.25, 0.3) is 0 Å². The Kier molecular flexibility index (Phi) is 4.47. The minimum Gasteiger partial charge on any atom is -0.447 e. The first kappa shape index (κ1) is 16.4. The number of nitrogens with zero attached hydrogens (tertiary/aromatic N) is 2. The zero-order valence-corrected chi connectivity index (χ0v) is 14.0. The largest absolute Gasteiger partial charge is 0.447 e. The second kappa shape index (κ2) is 6.01. The molecule has 0 N–H and O–H groups in total. The van der Waals surface area contributed by atoms with E-state index < -0.39 is 20.4 Å². The van der Waals surface area contributed by atoms with Gasteiger partial charge in [0.05, 0.1) is 9.82 Å². The van der Waals surface area contributed by atoms with E-state index in [1.54, 1.807) is 19.1 Å². The average Bonchev–Trinajstić information content (AvgIpc) is 2.40. The molecular formula is C13H11BrN2O5S. The molecule has 1 heterocycles. The molecule has 22 heavy (non-hydrogen) atoms. The molecule has 0 radical (unpaired) electrons. The van der Waals surface area contributed by atoms with Crippen LogP contribution in [0, 0.1) is 17.0 Å². The van der Waals surface area contributed by atoms with Crippen LogP contribution in [0.1, 0.15) is 5.69 Å². The number of pyridine rings is 1. The highest BCUT2D eigenvalue weighted by Gasteiger charge is 2.21. The number of halogens is 1. The van der Waals surface area contributed by atoms with E-state index >= 15 is 0 Å². The van der Waals surface area contributed by atoms with Crippen molar-refractivity contribution in [1.29, 1.82) is 0 Å². The molecule has 116 valence electrons. The summed E-state index contributed by atoms with van der Waals surface area (Å²) in [6.45, 7) is 1.79. The summed E-state index contributed by atoms with van der Waals surface area (Å²) in [4.78, 5) is 14.4. The maximum atomic E-state index is 11.5. The molecular weight excluding hydrogens is 376 g/mol. The van der Waals surface area contributed by atoms with Crippen molar-refractivity contribution in [3.8, 4) is 11.5 Å². The lowest BCUT2D eigenvalue weighted by Crippen LogP contribution is -2.00. The summed E-state index contributed by atoms with van der Waals surface area (Å²) in [5.41, 5.74) is 0.316. The van der Waals surface area contributed by atoms with Gasteiger partial charge in [-0.15, -0.1) is 0 Å². The molecule has 0 amide bonds. The van der Waals surface area contributed by atoms with E-state index in [-0.39, 0.29) is 10.6 Å². The standard InChI is InChI=1S/C13H11BrN2O5S/c1-8-3-5-12(13(14)15-8)21-11-6-4-9(22(2,19)20)7-10(11)16(17)18/h3-7H,1-2H3. The van der Waals surface area contributed by atoms with Crippen LogP contribution >= 0.6 is 15.9 Å². The first-order valence-corrected chi connectivity index (χ1v) is 8.66. The number of nitro benzene ring substituents is 1. The molecule has 0 aliphatic carbocycles. The van der Waals surface area contributed by atoms with Gasteiger partial charge < -0.3 is 4.74 Å². The number of ether oxygens (including phenoxy) is 1. The number of sulfone groups is 1.